The van der Waals surface area contributed by atoms with Crippen molar-refractivity contribution in [3.63, 3.8) is 0 Å². The van der Waals surface area contributed by atoms with Crippen LogP contribution in [0.4, 0.5) is 0 Å². The summed E-state index contributed by atoms with van der Waals surface area (Å²) in [6.45, 7) is 6.19. The summed E-state index contributed by atoms with van der Waals surface area (Å²) in [4.78, 5) is 12.8. The van der Waals surface area contributed by atoms with Crippen molar-refractivity contribution >= 4 is 11.9 Å². The highest BCUT2D eigenvalue weighted by Gasteiger charge is 2.26. The maximum atomic E-state index is 12.8. The number of carbonyl (C=O) groups is 1. The van der Waals surface area contributed by atoms with Crippen LogP contribution >= 0.6 is 0 Å². The molecule has 0 unspecified atom stereocenters. The molecule has 1 aromatic heterocycles. The molecule has 1 N–H and O–H groups in total. The van der Waals surface area contributed by atoms with Crippen LogP contribution in [0.1, 0.15) is 38.3 Å². The molecule has 0 atom stereocenters. The van der Waals surface area contributed by atoms with Crippen LogP contribution < -0.4 is 4.74 Å². The van der Waals surface area contributed by atoms with Crippen LogP contribution in [0.5, 0.6) is 5.75 Å². The van der Waals surface area contributed by atoms with Gasteiger partial charge in [-0.05, 0) is 67.3 Å². The van der Waals surface area contributed by atoms with Crippen LogP contribution in [-0.2, 0) is 6.42 Å². The Morgan fingerprint density at radius 1 is 1.04 bits per heavy atom. The predicted octanol–water partition coefficient (Wildman–Crippen LogP) is 4.83. The Bertz CT molecular complexity index is 1090. The maximum absolute atomic E-state index is 12.8. The number of allylic oxidation sites excluding steroid dienone is 1. The molecule has 0 saturated heterocycles. The molecule has 3 aromatic rings. The number of H-pyrrole nitrogens is 1. The second-order valence-corrected chi connectivity index (χ2v) is 7.16. The van der Waals surface area contributed by atoms with Crippen LogP contribution in [0, 0.1) is 20.8 Å². The number of nitrogens with zero attached hydrogens (tertiary/aromatic N) is 1. The number of fused-ring (bicyclic) bond motifs is 1. The minimum atomic E-state index is 0.0608. The topological polar surface area (TPSA) is 55.0 Å². The summed E-state index contributed by atoms with van der Waals surface area (Å²) < 4.78 is 5.35. The van der Waals surface area contributed by atoms with Crippen molar-refractivity contribution in [3.8, 4) is 17.0 Å². The van der Waals surface area contributed by atoms with E-state index >= 15 is 0 Å². The summed E-state index contributed by atoms with van der Waals surface area (Å²) in [6.07, 6.45) is 2.54. The Hall–Kier alpha value is -3.14. The minimum absolute atomic E-state index is 0.0608. The molecule has 0 aliphatic heterocycles. The standard InChI is InChI=1S/C23H22N2O2/c1-13-5-6-16(7-14(13)2)21-11-19(24-25-21)10-18-9-17-8-15(3)22(27-4)12-20(17)23(18)26/h5-8,10-12H,9H2,1-4H3,(H,24,25). The van der Waals surface area contributed by atoms with Gasteiger partial charge in [0.15, 0.2) is 5.78 Å². The van der Waals surface area contributed by atoms with Crippen LogP contribution in [0.15, 0.2) is 42.0 Å². The Balaban J connectivity index is 1.64. The number of hydrogen-bond donors (Lipinski definition) is 1. The van der Waals surface area contributed by atoms with Gasteiger partial charge in [0, 0.05) is 23.1 Å². The van der Waals surface area contributed by atoms with Crippen molar-refractivity contribution in [3.05, 3.63) is 75.5 Å². The highest BCUT2D eigenvalue weighted by atomic mass is 16.5. The van der Waals surface area contributed by atoms with Crippen LogP contribution in [0.3, 0.4) is 0 Å². The highest BCUT2D eigenvalue weighted by Crippen LogP contribution is 2.33. The zero-order valence-electron chi connectivity index (χ0n) is 16.0. The molecule has 0 spiro atoms. The number of nitrogens with one attached hydrogen (secondary N) is 1. The fourth-order valence-corrected chi connectivity index (χ4v) is 3.55. The van der Waals surface area contributed by atoms with E-state index in [1.807, 2.05) is 31.2 Å². The lowest BCUT2D eigenvalue weighted by atomic mass is 10.0. The molecule has 4 rings (SSSR count). The number of carbonyl (C=O) groups excluding carboxylic acids is 1. The fourth-order valence-electron chi connectivity index (χ4n) is 3.55. The van der Waals surface area contributed by atoms with Gasteiger partial charge in [-0.3, -0.25) is 9.89 Å². The van der Waals surface area contributed by atoms with Crippen molar-refractivity contribution in [2.75, 3.05) is 7.11 Å². The van der Waals surface area contributed by atoms with Gasteiger partial charge in [0.25, 0.3) is 0 Å². The summed E-state index contributed by atoms with van der Waals surface area (Å²) in [5.41, 5.74) is 8.89. The first-order valence-corrected chi connectivity index (χ1v) is 9.02. The Labute approximate surface area is 158 Å². The lowest BCUT2D eigenvalue weighted by Gasteiger charge is -2.06. The van der Waals surface area contributed by atoms with E-state index in [9.17, 15) is 4.79 Å². The number of ether oxygens (including phenoxy) is 1. The van der Waals surface area contributed by atoms with E-state index in [1.54, 1.807) is 7.11 Å². The third-order valence-corrected chi connectivity index (χ3v) is 5.27. The molecule has 1 aliphatic rings. The monoisotopic (exact) mass is 358 g/mol. The Morgan fingerprint density at radius 3 is 2.59 bits per heavy atom. The molecule has 2 aromatic carbocycles. The number of rotatable bonds is 3. The van der Waals surface area contributed by atoms with Gasteiger partial charge in [-0.25, -0.2) is 0 Å². The smallest absolute Gasteiger partial charge is 0.189 e. The molecular weight excluding hydrogens is 336 g/mol. The van der Waals surface area contributed by atoms with Gasteiger partial charge in [0.05, 0.1) is 18.5 Å². The Kier molecular flexibility index (Phi) is 4.19. The molecule has 0 radical (unpaired) electrons. The second-order valence-electron chi connectivity index (χ2n) is 7.16. The average molecular weight is 358 g/mol. The Morgan fingerprint density at radius 2 is 1.85 bits per heavy atom. The lowest BCUT2D eigenvalue weighted by molar-refractivity contribution is 0.104. The molecule has 4 heteroatoms. The van der Waals surface area contributed by atoms with E-state index < -0.39 is 0 Å². The third kappa shape index (κ3) is 3.08. The summed E-state index contributed by atoms with van der Waals surface area (Å²) in [7, 11) is 1.63. The first-order chi connectivity index (χ1) is 13.0. The van der Waals surface area contributed by atoms with Crippen molar-refractivity contribution < 1.29 is 9.53 Å². The summed E-state index contributed by atoms with van der Waals surface area (Å²) in [6, 6.07) is 12.2. The van der Waals surface area contributed by atoms with E-state index in [2.05, 4.69) is 42.2 Å². The van der Waals surface area contributed by atoms with E-state index in [0.29, 0.717) is 6.42 Å². The van der Waals surface area contributed by atoms with Gasteiger partial charge < -0.3 is 4.74 Å². The van der Waals surface area contributed by atoms with Crippen LogP contribution in [-0.4, -0.2) is 23.1 Å². The van der Waals surface area contributed by atoms with Gasteiger partial charge in [0.1, 0.15) is 5.75 Å². The van der Waals surface area contributed by atoms with Gasteiger partial charge in [-0.2, -0.15) is 5.10 Å². The normalized spacial score (nSPS) is 14.7. The number of aromatic nitrogens is 2. The van der Waals surface area contributed by atoms with Crippen LogP contribution in [0.2, 0.25) is 0 Å². The zero-order chi connectivity index (χ0) is 19.1. The lowest BCUT2D eigenvalue weighted by Crippen LogP contribution is -1.97. The van der Waals surface area contributed by atoms with Gasteiger partial charge in [0.2, 0.25) is 0 Å². The molecule has 0 bridgehead atoms. The number of aromatic amines is 1. The summed E-state index contributed by atoms with van der Waals surface area (Å²) in [5, 5.41) is 7.46. The third-order valence-electron chi connectivity index (χ3n) is 5.27. The van der Waals surface area contributed by atoms with Crippen LogP contribution in [0.25, 0.3) is 17.3 Å². The van der Waals surface area contributed by atoms with E-state index in [1.165, 1.54) is 11.1 Å². The van der Waals surface area contributed by atoms with Crippen molar-refractivity contribution in [1.29, 1.82) is 0 Å². The second kappa shape index (κ2) is 6.54. The van der Waals surface area contributed by atoms with Gasteiger partial charge in [-0.1, -0.05) is 18.2 Å². The number of benzene rings is 2. The largest absolute Gasteiger partial charge is 0.496 e. The first kappa shape index (κ1) is 17.3. The molecule has 136 valence electrons. The van der Waals surface area contributed by atoms with Gasteiger partial charge >= 0.3 is 0 Å². The summed E-state index contributed by atoms with van der Waals surface area (Å²) in [5.74, 6) is 0.813. The minimum Gasteiger partial charge on any atom is -0.496 e. The molecule has 0 saturated carbocycles. The maximum Gasteiger partial charge on any atom is 0.189 e. The van der Waals surface area contributed by atoms with E-state index in [0.717, 1.165) is 45.0 Å². The summed E-state index contributed by atoms with van der Waals surface area (Å²) >= 11 is 0. The quantitative estimate of drug-likeness (QED) is 0.682. The molecule has 27 heavy (non-hydrogen) atoms. The zero-order valence-corrected chi connectivity index (χ0v) is 16.0. The number of ketones is 1. The molecular formula is C23H22N2O2. The van der Waals surface area contributed by atoms with E-state index in [-0.39, 0.29) is 5.78 Å². The molecule has 4 nitrogen and oxygen atoms in total. The molecule has 0 amide bonds. The van der Waals surface area contributed by atoms with E-state index in [4.69, 9.17) is 4.74 Å². The average Bonchev–Trinajstić information content (AvgIpc) is 3.22. The number of Topliss-reactive ketones (excluding diaryl/α,β-unsaturated/α-hetero) is 1. The first-order valence-electron chi connectivity index (χ1n) is 9.02. The number of methoxy groups -OCH3 is 1. The molecule has 1 aliphatic carbocycles. The number of aryl methyl sites for hydroxylation is 3. The highest BCUT2D eigenvalue weighted by molar-refractivity contribution is 6.15. The SMILES string of the molecule is COc1cc2c(cc1C)CC(=Cc1cc(-c3ccc(C)c(C)c3)n[nH]1)C2=O. The van der Waals surface area contributed by atoms with Gasteiger partial charge in [-0.15, -0.1) is 0 Å². The van der Waals surface area contributed by atoms with Crippen molar-refractivity contribution in [2.45, 2.75) is 27.2 Å². The number of hydrogen-bond acceptors (Lipinski definition) is 3. The predicted molar refractivity (Wildman–Crippen MR) is 107 cm³/mol. The molecule has 0 fully saturated rings. The molecule has 1 heterocycles. The van der Waals surface area contributed by atoms with Crippen molar-refractivity contribution in [1.82, 2.24) is 10.2 Å². The fraction of sp³-hybridized carbons (Fsp3) is 0.217. The van der Waals surface area contributed by atoms with Crippen molar-refractivity contribution in [2.24, 2.45) is 0 Å².